The molecule has 1 aliphatic heterocycles. The zero-order chi connectivity index (χ0) is 25.6. The average molecular weight is 495 g/mol. The van der Waals surface area contributed by atoms with E-state index in [2.05, 4.69) is 19.9 Å². The summed E-state index contributed by atoms with van der Waals surface area (Å²) in [6.45, 7) is 12.6. The van der Waals surface area contributed by atoms with E-state index >= 15 is 0 Å². The van der Waals surface area contributed by atoms with E-state index in [0.717, 1.165) is 40.9 Å². The lowest BCUT2D eigenvalue weighted by Crippen LogP contribution is -2.41. The third kappa shape index (κ3) is 5.38. The number of nitrogens with zero attached hydrogens (tertiary/aromatic N) is 2. The number of rotatable bonds is 7. The quantitative estimate of drug-likeness (QED) is 0.499. The van der Waals surface area contributed by atoms with E-state index < -0.39 is 17.1 Å². The van der Waals surface area contributed by atoms with Gasteiger partial charge >= 0.3 is 7.12 Å². The molecule has 0 atom stereocenters. The van der Waals surface area contributed by atoms with Gasteiger partial charge in [0.05, 0.1) is 27.5 Å². The van der Waals surface area contributed by atoms with Crippen LogP contribution in [-0.2, 0) is 25.8 Å². The first-order valence-corrected chi connectivity index (χ1v) is 13.5. The van der Waals surface area contributed by atoms with Crippen LogP contribution in [0.25, 0.3) is 16.9 Å². The average Bonchev–Trinajstić information content (AvgIpc) is 3.29. The standard InChI is InChI=1S/C26H34BN3O4S/c1-18(2)7-12-22-17-24(29-30(22)21-13-15-23(16-14-21)35(28,31)32)19-8-10-20(11-9-19)27-33-25(3,4)26(5,6)34-27/h8-11,13-18H,7,12H2,1-6H3,(H2,28,31,32). The van der Waals surface area contributed by atoms with Gasteiger partial charge in [0.15, 0.2) is 0 Å². The zero-order valence-corrected chi connectivity index (χ0v) is 22.1. The molecular formula is C26H34BN3O4S. The number of hydrogen-bond donors (Lipinski definition) is 1. The van der Waals surface area contributed by atoms with Crippen molar-refractivity contribution in [2.45, 2.75) is 70.5 Å². The largest absolute Gasteiger partial charge is 0.494 e. The Bertz CT molecular complexity index is 1280. The highest BCUT2D eigenvalue weighted by molar-refractivity contribution is 7.89. The Kier molecular flexibility index (Phi) is 6.74. The molecule has 0 aliphatic carbocycles. The van der Waals surface area contributed by atoms with E-state index in [1.165, 1.54) is 12.1 Å². The summed E-state index contributed by atoms with van der Waals surface area (Å²) in [4.78, 5) is 0.0793. The summed E-state index contributed by atoms with van der Waals surface area (Å²) < 4.78 is 37.5. The molecule has 2 N–H and O–H groups in total. The highest BCUT2D eigenvalue weighted by Crippen LogP contribution is 2.36. The molecule has 9 heteroatoms. The summed E-state index contributed by atoms with van der Waals surface area (Å²) in [6, 6.07) is 16.7. The minimum absolute atomic E-state index is 0.0793. The molecular weight excluding hydrogens is 461 g/mol. The van der Waals surface area contributed by atoms with Crippen molar-refractivity contribution < 1.29 is 17.7 Å². The van der Waals surface area contributed by atoms with E-state index in [1.54, 1.807) is 12.1 Å². The van der Waals surface area contributed by atoms with Crippen molar-refractivity contribution in [1.82, 2.24) is 9.78 Å². The van der Waals surface area contributed by atoms with Crippen molar-refractivity contribution >= 4 is 22.6 Å². The summed E-state index contributed by atoms with van der Waals surface area (Å²) in [5.74, 6) is 0.547. The van der Waals surface area contributed by atoms with Crippen LogP contribution >= 0.6 is 0 Å². The summed E-state index contributed by atoms with van der Waals surface area (Å²) >= 11 is 0. The van der Waals surface area contributed by atoms with Crippen molar-refractivity contribution in [2.24, 2.45) is 11.1 Å². The minimum Gasteiger partial charge on any atom is -0.399 e. The lowest BCUT2D eigenvalue weighted by atomic mass is 9.79. The van der Waals surface area contributed by atoms with E-state index in [4.69, 9.17) is 19.5 Å². The Hall–Kier alpha value is -2.46. The molecule has 7 nitrogen and oxygen atoms in total. The summed E-state index contributed by atoms with van der Waals surface area (Å²) in [5.41, 5.74) is 3.86. The van der Waals surface area contributed by atoms with Crippen molar-refractivity contribution in [2.75, 3.05) is 0 Å². The fourth-order valence-electron chi connectivity index (χ4n) is 3.97. The van der Waals surface area contributed by atoms with Gasteiger partial charge in [-0.2, -0.15) is 5.10 Å². The monoisotopic (exact) mass is 495 g/mol. The first kappa shape index (κ1) is 25.6. The Morgan fingerprint density at radius 3 is 2.06 bits per heavy atom. The van der Waals surface area contributed by atoms with E-state index in [9.17, 15) is 8.42 Å². The molecule has 1 saturated heterocycles. The van der Waals surface area contributed by atoms with Crippen molar-refractivity contribution in [3.8, 4) is 16.9 Å². The van der Waals surface area contributed by atoms with Gasteiger partial charge in [0.2, 0.25) is 10.0 Å². The van der Waals surface area contributed by atoms with Gasteiger partial charge in [-0.05, 0) is 82.2 Å². The summed E-state index contributed by atoms with van der Waals surface area (Å²) in [6.07, 6.45) is 1.87. The van der Waals surface area contributed by atoms with Crippen molar-refractivity contribution in [3.05, 3.63) is 60.3 Å². The molecule has 1 aromatic heterocycles. The molecule has 0 saturated carbocycles. The molecule has 2 heterocycles. The van der Waals surface area contributed by atoms with Crippen molar-refractivity contribution in [3.63, 3.8) is 0 Å². The maximum atomic E-state index is 11.6. The second-order valence-electron chi connectivity index (χ2n) is 10.6. The van der Waals surface area contributed by atoms with Gasteiger partial charge in [0.25, 0.3) is 0 Å². The summed E-state index contributed by atoms with van der Waals surface area (Å²) in [5, 5.41) is 10.1. The second-order valence-corrected chi connectivity index (χ2v) is 12.2. The van der Waals surface area contributed by atoms with Crippen LogP contribution in [0, 0.1) is 5.92 Å². The van der Waals surface area contributed by atoms with Crippen LogP contribution in [-0.4, -0.2) is 36.5 Å². The molecule has 0 unspecified atom stereocenters. The van der Waals surface area contributed by atoms with Crippen LogP contribution in [0.3, 0.4) is 0 Å². The molecule has 0 radical (unpaired) electrons. The fourth-order valence-corrected chi connectivity index (χ4v) is 4.48. The number of sulfonamides is 1. The fraction of sp³-hybridized carbons (Fsp3) is 0.423. The van der Waals surface area contributed by atoms with Crippen LogP contribution < -0.4 is 10.6 Å². The van der Waals surface area contributed by atoms with Crippen LogP contribution in [0.5, 0.6) is 0 Å². The molecule has 186 valence electrons. The highest BCUT2D eigenvalue weighted by atomic mass is 32.2. The van der Waals surface area contributed by atoms with Crippen molar-refractivity contribution in [1.29, 1.82) is 0 Å². The van der Waals surface area contributed by atoms with Crippen LogP contribution in [0.1, 0.15) is 53.7 Å². The van der Waals surface area contributed by atoms with E-state index in [1.807, 2.05) is 56.6 Å². The maximum absolute atomic E-state index is 11.6. The van der Waals surface area contributed by atoms with Gasteiger partial charge in [-0.25, -0.2) is 18.2 Å². The highest BCUT2D eigenvalue weighted by Gasteiger charge is 2.51. The van der Waals surface area contributed by atoms with Gasteiger partial charge in [0.1, 0.15) is 0 Å². The SMILES string of the molecule is CC(C)CCc1cc(-c2ccc(B3OC(C)(C)C(C)(C)O3)cc2)nn1-c1ccc(S(N)(=O)=O)cc1. The van der Waals surface area contributed by atoms with Gasteiger partial charge in [0, 0.05) is 11.3 Å². The molecule has 1 fully saturated rings. The van der Waals surface area contributed by atoms with Crippen LogP contribution in [0.2, 0.25) is 0 Å². The third-order valence-electron chi connectivity index (χ3n) is 6.90. The van der Waals surface area contributed by atoms with E-state index in [0.29, 0.717) is 5.92 Å². The molecule has 3 aromatic rings. The lowest BCUT2D eigenvalue weighted by Gasteiger charge is -2.32. The predicted molar refractivity (Wildman–Crippen MR) is 139 cm³/mol. The number of hydrogen-bond acceptors (Lipinski definition) is 5. The molecule has 0 amide bonds. The molecule has 2 aromatic carbocycles. The zero-order valence-electron chi connectivity index (χ0n) is 21.3. The molecule has 0 spiro atoms. The topological polar surface area (TPSA) is 96.4 Å². The Morgan fingerprint density at radius 2 is 1.54 bits per heavy atom. The minimum atomic E-state index is -3.75. The molecule has 4 rings (SSSR count). The van der Waals surface area contributed by atoms with Gasteiger partial charge in [-0.15, -0.1) is 0 Å². The van der Waals surface area contributed by atoms with Gasteiger partial charge in [-0.3, -0.25) is 0 Å². The number of aryl methyl sites for hydroxylation is 1. The van der Waals surface area contributed by atoms with Crippen LogP contribution in [0.15, 0.2) is 59.5 Å². The first-order valence-electron chi connectivity index (χ1n) is 11.9. The Balaban J connectivity index is 1.64. The number of primary sulfonamides is 1. The molecule has 0 bridgehead atoms. The first-order chi connectivity index (χ1) is 16.3. The number of nitrogens with two attached hydrogens (primary N) is 1. The smallest absolute Gasteiger partial charge is 0.399 e. The van der Waals surface area contributed by atoms with Gasteiger partial charge in [-0.1, -0.05) is 38.1 Å². The molecule has 35 heavy (non-hydrogen) atoms. The lowest BCUT2D eigenvalue weighted by molar-refractivity contribution is 0.00578. The maximum Gasteiger partial charge on any atom is 0.494 e. The summed E-state index contributed by atoms with van der Waals surface area (Å²) in [7, 11) is -4.16. The van der Waals surface area contributed by atoms with Crippen LogP contribution in [0.4, 0.5) is 0 Å². The number of benzene rings is 2. The third-order valence-corrected chi connectivity index (χ3v) is 7.83. The Morgan fingerprint density at radius 1 is 0.971 bits per heavy atom. The number of aromatic nitrogens is 2. The van der Waals surface area contributed by atoms with Gasteiger partial charge < -0.3 is 9.31 Å². The predicted octanol–water partition coefficient (Wildman–Crippen LogP) is 4.07. The normalized spacial score (nSPS) is 17.3. The molecule has 1 aliphatic rings. The second kappa shape index (κ2) is 9.20. The van der Waals surface area contributed by atoms with E-state index in [-0.39, 0.29) is 16.1 Å². The Labute approximate surface area is 208 Å².